The van der Waals surface area contributed by atoms with Gasteiger partial charge in [0.05, 0.1) is 12.7 Å². The Morgan fingerprint density at radius 2 is 1.55 bits per heavy atom. The van der Waals surface area contributed by atoms with Gasteiger partial charge in [0.25, 0.3) is 0 Å². The molecule has 0 heterocycles. The molecule has 0 aromatic heterocycles. The standard InChI is InChI=1S/C19H30O4.3C2H6/c1-14(11-19(2,3)13-20)12-22-15-6-5-7-16(8-15)23-18-9-17(10-18)21-4;3*1-2/h5-8,14,17-18,20H,9-13H2,1-4H3;3*1-2H3. The highest BCUT2D eigenvalue weighted by Crippen LogP contribution is 2.30. The third kappa shape index (κ3) is 12.8. The molecule has 0 amide bonds. The second-order valence-corrected chi connectivity index (χ2v) is 7.49. The van der Waals surface area contributed by atoms with Crippen LogP contribution in [0, 0.1) is 11.3 Å². The Hall–Kier alpha value is -1.26. The van der Waals surface area contributed by atoms with Crippen LogP contribution in [0.4, 0.5) is 0 Å². The average Bonchev–Trinajstić information content (AvgIpc) is 2.73. The summed E-state index contributed by atoms with van der Waals surface area (Å²) in [5.74, 6) is 2.07. The Balaban J connectivity index is 0. The second kappa shape index (κ2) is 17.6. The topological polar surface area (TPSA) is 47.9 Å². The van der Waals surface area contributed by atoms with E-state index in [1.807, 2.05) is 65.8 Å². The van der Waals surface area contributed by atoms with Crippen molar-refractivity contribution in [1.82, 2.24) is 0 Å². The van der Waals surface area contributed by atoms with Crippen molar-refractivity contribution < 1.29 is 19.3 Å². The number of hydrogen-bond acceptors (Lipinski definition) is 4. The van der Waals surface area contributed by atoms with Gasteiger partial charge < -0.3 is 19.3 Å². The Labute approximate surface area is 181 Å². The second-order valence-electron chi connectivity index (χ2n) is 7.49. The van der Waals surface area contributed by atoms with Crippen molar-refractivity contribution in [2.45, 2.75) is 93.8 Å². The van der Waals surface area contributed by atoms with Crippen molar-refractivity contribution in [3.05, 3.63) is 24.3 Å². The summed E-state index contributed by atoms with van der Waals surface area (Å²) < 4.78 is 17.1. The minimum atomic E-state index is -0.0597. The lowest BCUT2D eigenvalue weighted by Gasteiger charge is -2.34. The molecule has 1 fully saturated rings. The molecule has 1 aliphatic carbocycles. The van der Waals surface area contributed by atoms with Crippen molar-refractivity contribution in [1.29, 1.82) is 0 Å². The highest BCUT2D eigenvalue weighted by Gasteiger charge is 2.30. The molecule has 0 spiro atoms. The van der Waals surface area contributed by atoms with E-state index < -0.39 is 0 Å². The first-order chi connectivity index (χ1) is 13.9. The van der Waals surface area contributed by atoms with Crippen molar-refractivity contribution in [2.24, 2.45) is 11.3 Å². The summed E-state index contributed by atoms with van der Waals surface area (Å²) in [6, 6.07) is 7.82. The molecule has 29 heavy (non-hydrogen) atoms. The Kier molecular flexibility index (Phi) is 18.2. The Morgan fingerprint density at radius 3 is 2.07 bits per heavy atom. The molecule has 2 rings (SSSR count). The molecule has 0 aliphatic heterocycles. The molecular formula is C25H48O4. The molecule has 1 aromatic carbocycles. The van der Waals surface area contributed by atoms with Gasteiger partial charge in [-0.15, -0.1) is 0 Å². The van der Waals surface area contributed by atoms with E-state index in [2.05, 4.69) is 20.8 Å². The molecule has 4 nitrogen and oxygen atoms in total. The predicted molar refractivity (Wildman–Crippen MR) is 125 cm³/mol. The molecule has 1 aromatic rings. The average molecular weight is 413 g/mol. The maximum absolute atomic E-state index is 9.35. The lowest BCUT2D eigenvalue weighted by atomic mass is 9.84. The Bertz CT molecular complexity index is 481. The first kappa shape index (κ1) is 29.9. The van der Waals surface area contributed by atoms with Crippen LogP contribution in [0.5, 0.6) is 11.5 Å². The van der Waals surface area contributed by atoms with E-state index in [0.717, 1.165) is 30.8 Å². The van der Waals surface area contributed by atoms with Crippen molar-refractivity contribution in [3.63, 3.8) is 0 Å². The number of rotatable bonds is 9. The lowest BCUT2D eigenvalue weighted by Crippen LogP contribution is -2.38. The largest absolute Gasteiger partial charge is 0.493 e. The number of ether oxygens (including phenoxy) is 3. The molecule has 1 atom stereocenters. The van der Waals surface area contributed by atoms with Crippen LogP contribution in [-0.2, 0) is 4.74 Å². The first-order valence-corrected chi connectivity index (χ1v) is 11.4. The van der Waals surface area contributed by atoms with Gasteiger partial charge in [0.2, 0.25) is 0 Å². The molecule has 172 valence electrons. The van der Waals surface area contributed by atoms with Gasteiger partial charge in [-0.1, -0.05) is 68.4 Å². The van der Waals surface area contributed by atoms with E-state index in [1.54, 1.807) is 7.11 Å². The molecule has 1 aliphatic rings. The summed E-state index contributed by atoms with van der Waals surface area (Å²) in [6.45, 7) is 19.1. The van der Waals surface area contributed by atoms with Crippen molar-refractivity contribution >= 4 is 0 Å². The van der Waals surface area contributed by atoms with Gasteiger partial charge in [-0.25, -0.2) is 0 Å². The van der Waals surface area contributed by atoms with Crippen LogP contribution in [0.2, 0.25) is 0 Å². The fourth-order valence-electron chi connectivity index (χ4n) is 2.94. The van der Waals surface area contributed by atoms with Crippen LogP contribution in [0.25, 0.3) is 0 Å². The van der Waals surface area contributed by atoms with E-state index in [-0.39, 0.29) is 18.1 Å². The zero-order valence-corrected chi connectivity index (χ0v) is 20.7. The summed E-state index contributed by atoms with van der Waals surface area (Å²) >= 11 is 0. The monoisotopic (exact) mass is 412 g/mol. The van der Waals surface area contributed by atoms with Gasteiger partial charge >= 0.3 is 0 Å². The Morgan fingerprint density at radius 1 is 1.00 bits per heavy atom. The van der Waals surface area contributed by atoms with Crippen LogP contribution in [0.15, 0.2) is 24.3 Å². The first-order valence-electron chi connectivity index (χ1n) is 11.4. The third-order valence-corrected chi connectivity index (χ3v) is 4.36. The molecule has 0 radical (unpaired) electrons. The highest BCUT2D eigenvalue weighted by molar-refractivity contribution is 5.33. The predicted octanol–water partition coefficient (Wildman–Crippen LogP) is 6.74. The van der Waals surface area contributed by atoms with Crippen LogP contribution in [0.3, 0.4) is 0 Å². The van der Waals surface area contributed by atoms with Crippen LogP contribution < -0.4 is 9.47 Å². The van der Waals surface area contributed by atoms with Crippen LogP contribution in [-0.4, -0.2) is 37.6 Å². The molecule has 0 saturated heterocycles. The smallest absolute Gasteiger partial charge is 0.123 e. The maximum Gasteiger partial charge on any atom is 0.123 e. The number of hydrogen-bond donors (Lipinski definition) is 1. The number of aliphatic hydroxyl groups excluding tert-OH is 1. The van der Waals surface area contributed by atoms with Crippen LogP contribution >= 0.6 is 0 Å². The van der Waals surface area contributed by atoms with Gasteiger partial charge in [-0.3, -0.25) is 0 Å². The summed E-state index contributed by atoms with van der Waals surface area (Å²) in [7, 11) is 1.74. The minimum Gasteiger partial charge on any atom is -0.493 e. The highest BCUT2D eigenvalue weighted by atomic mass is 16.5. The van der Waals surface area contributed by atoms with E-state index >= 15 is 0 Å². The number of methoxy groups -OCH3 is 1. The lowest BCUT2D eigenvalue weighted by molar-refractivity contribution is -0.0381. The van der Waals surface area contributed by atoms with Gasteiger partial charge in [-0.05, 0) is 29.9 Å². The summed E-state index contributed by atoms with van der Waals surface area (Å²) in [4.78, 5) is 0. The SMILES string of the molecule is CC.CC.CC.COC1CC(Oc2cccc(OCC(C)CC(C)(C)CO)c2)C1. The summed E-state index contributed by atoms with van der Waals surface area (Å²) in [5, 5.41) is 9.35. The minimum absolute atomic E-state index is 0.0597. The van der Waals surface area contributed by atoms with E-state index in [1.165, 1.54) is 0 Å². The molecule has 1 saturated carbocycles. The van der Waals surface area contributed by atoms with Gasteiger partial charge in [0, 0.05) is 32.6 Å². The third-order valence-electron chi connectivity index (χ3n) is 4.36. The zero-order chi connectivity index (χ0) is 22.9. The van der Waals surface area contributed by atoms with Gasteiger partial charge in [0.15, 0.2) is 0 Å². The number of aliphatic hydroxyl groups is 1. The van der Waals surface area contributed by atoms with E-state index in [9.17, 15) is 5.11 Å². The molecule has 4 heteroatoms. The van der Waals surface area contributed by atoms with Gasteiger partial charge in [0.1, 0.15) is 17.6 Å². The summed E-state index contributed by atoms with van der Waals surface area (Å²) in [6.07, 6.45) is 3.43. The normalized spacial score (nSPS) is 18.3. The molecule has 0 bridgehead atoms. The molecule has 1 N–H and O–H groups in total. The van der Waals surface area contributed by atoms with E-state index in [0.29, 0.717) is 18.6 Å². The van der Waals surface area contributed by atoms with Crippen molar-refractivity contribution in [3.8, 4) is 11.5 Å². The quantitative estimate of drug-likeness (QED) is 0.487. The van der Waals surface area contributed by atoms with Gasteiger partial charge in [-0.2, -0.15) is 0 Å². The fraction of sp³-hybridized carbons (Fsp3) is 0.760. The van der Waals surface area contributed by atoms with Crippen LogP contribution in [0.1, 0.15) is 81.6 Å². The zero-order valence-electron chi connectivity index (χ0n) is 20.7. The fourth-order valence-corrected chi connectivity index (χ4v) is 2.94. The van der Waals surface area contributed by atoms with E-state index in [4.69, 9.17) is 14.2 Å². The molecule has 1 unspecified atom stereocenters. The van der Waals surface area contributed by atoms with Crippen molar-refractivity contribution in [2.75, 3.05) is 20.3 Å². The maximum atomic E-state index is 9.35. The summed E-state index contributed by atoms with van der Waals surface area (Å²) in [5.41, 5.74) is -0.0597. The molecular weight excluding hydrogens is 364 g/mol. The number of benzene rings is 1.